The van der Waals surface area contributed by atoms with E-state index in [1.54, 1.807) is 0 Å². The van der Waals surface area contributed by atoms with Gasteiger partial charge in [0.2, 0.25) is 11.8 Å². The van der Waals surface area contributed by atoms with Gasteiger partial charge in [-0.1, -0.05) is 0 Å². The summed E-state index contributed by atoms with van der Waals surface area (Å²) in [6.45, 7) is 0. The second-order valence-corrected chi connectivity index (χ2v) is 1.58. The van der Waals surface area contributed by atoms with E-state index in [4.69, 9.17) is 5.11 Å². The van der Waals surface area contributed by atoms with Crippen LogP contribution in [0.3, 0.4) is 0 Å². The first-order chi connectivity index (χ1) is 4.13. The molecule has 0 aromatic rings. The normalized spacial score (nSPS) is 17.6. The summed E-state index contributed by atoms with van der Waals surface area (Å²) in [6, 6.07) is 0. The fourth-order valence-corrected chi connectivity index (χ4v) is 0.549. The van der Waals surface area contributed by atoms with Gasteiger partial charge in [-0.2, -0.15) is 4.90 Å². The van der Waals surface area contributed by atoms with E-state index < -0.39 is 17.9 Å². The maximum Gasteiger partial charge on any atom is 0.421 e. The highest BCUT2D eigenvalue weighted by Crippen LogP contribution is 2.09. The molecule has 0 atom stereocenters. The zero-order chi connectivity index (χ0) is 7.02. The average Bonchev–Trinajstić information content (AvgIpc) is 1.62. The lowest BCUT2D eigenvalue weighted by molar-refractivity contribution is -0.154. The van der Waals surface area contributed by atoms with Crippen molar-refractivity contribution in [3.8, 4) is 0 Å². The minimum atomic E-state index is -1.49. The Kier molecular flexibility index (Phi) is 0.985. The third-order valence-corrected chi connectivity index (χ3v) is 0.993. The number of imide groups is 3. The SMILES string of the molecule is O=C(O)N1C(=O)CC1=O. The van der Waals surface area contributed by atoms with Gasteiger partial charge in [-0.3, -0.25) is 9.59 Å². The zero-order valence-electron chi connectivity index (χ0n) is 4.33. The summed E-state index contributed by atoms with van der Waals surface area (Å²) in [5, 5.41) is 8.06. The van der Waals surface area contributed by atoms with E-state index >= 15 is 0 Å². The van der Waals surface area contributed by atoms with E-state index in [9.17, 15) is 14.4 Å². The Balaban J connectivity index is 2.70. The van der Waals surface area contributed by atoms with Crippen molar-refractivity contribution in [1.29, 1.82) is 0 Å². The highest BCUT2D eigenvalue weighted by Gasteiger charge is 2.39. The Morgan fingerprint density at radius 1 is 1.44 bits per heavy atom. The summed E-state index contributed by atoms with van der Waals surface area (Å²) >= 11 is 0. The van der Waals surface area contributed by atoms with Crippen molar-refractivity contribution in [3.63, 3.8) is 0 Å². The van der Waals surface area contributed by atoms with Crippen LogP contribution in [-0.2, 0) is 9.59 Å². The number of carbonyl (C=O) groups is 3. The van der Waals surface area contributed by atoms with Crippen LogP contribution in [0.25, 0.3) is 0 Å². The lowest BCUT2D eigenvalue weighted by Crippen LogP contribution is -2.51. The molecule has 1 heterocycles. The molecule has 1 aliphatic rings. The molecule has 0 saturated carbocycles. The van der Waals surface area contributed by atoms with Crippen LogP contribution >= 0.6 is 0 Å². The van der Waals surface area contributed by atoms with Crippen molar-refractivity contribution in [2.24, 2.45) is 0 Å². The highest BCUT2D eigenvalue weighted by atomic mass is 16.4. The van der Waals surface area contributed by atoms with E-state index in [-0.39, 0.29) is 11.3 Å². The molecule has 1 N–H and O–H groups in total. The predicted octanol–water partition coefficient (Wildman–Crippen LogP) is -0.577. The van der Waals surface area contributed by atoms with Crippen LogP contribution in [0.5, 0.6) is 0 Å². The number of amides is 3. The Labute approximate surface area is 49.9 Å². The Morgan fingerprint density at radius 2 is 1.89 bits per heavy atom. The second-order valence-electron chi connectivity index (χ2n) is 1.58. The molecule has 1 rings (SSSR count). The quantitative estimate of drug-likeness (QED) is 0.351. The maximum absolute atomic E-state index is 10.2. The number of carboxylic acid groups (broad SMARTS) is 1. The summed E-state index contributed by atoms with van der Waals surface area (Å²) in [5.41, 5.74) is 0. The van der Waals surface area contributed by atoms with Crippen molar-refractivity contribution in [2.45, 2.75) is 6.42 Å². The standard InChI is InChI=1S/C4H3NO4/c6-2-1-3(7)5(2)4(8)9/h1H2,(H,8,9). The molecule has 3 amide bonds. The van der Waals surface area contributed by atoms with Crippen LogP contribution in [0.2, 0.25) is 0 Å². The van der Waals surface area contributed by atoms with Crippen molar-refractivity contribution in [2.75, 3.05) is 0 Å². The number of nitrogens with zero attached hydrogens (tertiary/aromatic N) is 1. The van der Waals surface area contributed by atoms with Crippen LogP contribution in [0.4, 0.5) is 4.79 Å². The van der Waals surface area contributed by atoms with Gasteiger partial charge in [-0.05, 0) is 0 Å². The summed E-state index contributed by atoms with van der Waals surface area (Å²) in [6.07, 6.45) is -1.76. The zero-order valence-corrected chi connectivity index (χ0v) is 4.33. The van der Waals surface area contributed by atoms with Crippen molar-refractivity contribution >= 4 is 17.9 Å². The summed E-state index contributed by atoms with van der Waals surface area (Å²) < 4.78 is 0. The number of carbonyl (C=O) groups excluding carboxylic acids is 2. The fraction of sp³-hybridized carbons (Fsp3) is 0.250. The molecule has 0 aliphatic carbocycles. The predicted molar refractivity (Wildman–Crippen MR) is 24.5 cm³/mol. The van der Waals surface area contributed by atoms with Crippen LogP contribution in [0.1, 0.15) is 6.42 Å². The number of β-lactam (4-membered cyclic amide) rings is 2. The molecule has 5 nitrogen and oxygen atoms in total. The molecule has 9 heavy (non-hydrogen) atoms. The molecule has 5 heteroatoms. The first-order valence-corrected chi connectivity index (χ1v) is 2.21. The third-order valence-electron chi connectivity index (χ3n) is 0.993. The molecule has 48 valence electrons. The largest absolute Gasteiger partial charge is 0.464 e. The van der Waals surface area contributed by atoms with Crippen LogP contribution in [-0.4, -0.2) is 27.9 Å². The van der Waals surface area contributed by atoms with Crippen molar-refractivity contribution < 1.29 is 19.5 Å². The van der Waals surface area contributed by atoms with Crippen LogP contribution in [0, 0.1) is 0 Å². The first-order valence-electron chi connectivity index (χ1n) is 2.21. The number of hydrogen-bond donors (Lipinski definition) is 1. The third kappa shape index (κ3) is 0.658. The smallest absolute Gasteiger partial charge is 0.421 e. The first kappa shape index (κ1) is 5.74. The minimum Gasteiger partial charge on any atom is -0.464 e. The molecule has 0 aromatic heterocycles. The number of hydrogen-bond acceptors (Lipinski definition) is 3. The van der Waals surface area contributed by atoms with Gasteiger partial charge in [-0.25, -0.2) is 4.79 Å². The van der Waals surface area contributed by atoms with Gasteiger partial charge in [0.15, 0.2) is 0 Å². The molecule has 0 spiro atoms. The van der Waals surface area contributed by atoms with Gasteiger partial charge in [0.25, 0.3) is 0 Å². The molecule has 1 saturated heterocycles. The van der Waals surface area contributed by atoms with E-state index in [0.29, 0.717) is 0 Å². The fourth-order valence-electron chi connectivity index (χ4n) is 0.549. The van der Waals surface area contributed by atoms with Crippen LogP contribution < -0.4 is 0 Å². The van der Waals surface area contributed by atoms with E-state index in [1.165, 1.54) is 0 Å². The monoisotopic (exact) mass is 129 g/mol. The van der Waals surface area contributed by atoms with Crippen LogP contribution in [0.15, 0.2) is 0 Å². The van der Waals surface area contributed by atoms with Gasteiger partial charge in [0.1, 0.15) is 6.42 Å². The number of likely N-dealkylation sites (tertiary alicyclic amines) is 1. The Hall–Kier alpha value is -1.39. The highest BCUT2D eigenvalue weighted by molar-refractivity contribution is 6.23. The average molecular weight is 129 g/mol. The molecule has 1 fully saturated rings. The Morgan fingerprint density at radius 3 is 2.00 bits per heavy atom. The molecule has 0 radical (unpaired) electrons. The Bertz CT molecular complexity index is 172. The van der Waals surface area contributed by atoms with E-state index in [0.717, 1.165) is 0 Å². The second kappa shape index (κ2) is 1.54. The lowest BCUT2D eigenvalue weighted by atomic mass is 10.2. The van der Waals surface area contributed by atoms with Gasteiger partial charge in [0, 0.05) is 0 Å². The number of rotatable bonds is 0. The van der Waals surface area contributed by atoms with E-state index in [2.05, 4.69) is 0 Å². The molecular formula is C4H3NO4. The minimum absolute atomic E-state index is 0.194. The van der Waals surface area contributed by atoms with Gasteiger partial charge >= 0.3 is 6.09 Å². The summed E-state index contributed by atoms with van der Waals surface area (Å²) in [4.78, 5) is 30.5. The van der Waals surface area contributed by atoms with Crippen molar-refractivity contribution in [3.05, 3.63) is 0 Å². The molecule has 0 unspecified atom stereocenters. The molecule has 0 bridgehead atoms. The lowest BCUT2D eigenvalue weighted by Gasteiger charge is -2.22. The van der Waals surface area contributed by atoms with E-state index in [1.807, 2.05) is 0 Å². The van der Waals surface area contributed by atoms with Crippen molar-refractivity contribution in [1.82, 2.24) is 4.90 Å². The summed E-state index contributed by atoms with van der Waals surface area (Å²) in [5.74, 6) is -1.29. The summed E-state index contributed by atoms with van der Waals surface area (Å²) in [7, 11) is 0. The maximum atomic E-state index is 10.2. The van der Waals surface area contributed by atoms with Gasteiger partial charge in [0.05, 0.1) is 0 Å². The molecular weight excluding hydrogens is 126 g/mol. The molecule has 0 aromatic carbocycles. The van der Waals surface area contributed by atoms with Gasteiger partial charge in [-0.15, -0.1) is 0 Å². The van der Waals surface area contributed by atoms with Gasteiger partial charge < -0.3 is 5.11 Å². The molecule has 1 aliphatic heterocycles. The topological polar surface area (TPSA) is 74.7 Å².